The van der Waals surface area contributed by atoms with Gasteiger partial charge in [-0.25, -0.2) is 0 Å². The Balaban J connectivity index is 2.86. The van der Waals surface area contributed by atoms with Crippen LogP contribution in [0.4, 0.5) is 0 Å². The summed E-state index contributed by atoms with van der Waals surface area (Å²) in [5, 5.41) is 3.32. The number of unbranched alkanes of at least 4 members (excludes halogenated alkanes) is 4. The van der Waals surface area contributed by atoms with Gasteiger partial charge in [0, 0.05) is 11.0 Å². The van der Waals surface area contributed by atoms with Crippen molar-refractivity contribution in [3.63, 3.8) is 0 Å². The zero-order valence-corrected chi connectivity index (χ0v) is 9.62. The molecule has 72 valence electrons. The summed E-state index contributed by atoms with van der Waals surface area (Å²) in [4.78, 5) is 0. The van der Waals surface area contributed by atoms with Crippen molar-refractivity contribution in [1.82, 2.24) is 5.32 Å². The van der Waals surface area contributed by atoms with Crippen LogP contribution >= 0.6 is 15.9 Å². The van der Waals surface area contributed by atoms with Gasteiger partial charge in [0.15, 0.2) is 0 Å². The maximum Gasteiger partial charge on any atom is 0.0265 e. The van der Waals surface area contributed by atoms with Crippen LogP contribution in [-0.4, -0.2) is 13.1 Å². The van der Waals surface area contributed by atoms with E-state index in [-0.39, 0.29) is 0 Å². The lowest BCUT2D eigenvalue weighted by Gasteiger charge is -2.02. The fraction of sp³-hybridized carbons (Fsp3) is 0.800. The van der Waals surface area contributed by atoms with E-state index in [9.17, 15) is 0 Å². The second-order valence-corrected chi connectivity index (χ2v) is 4.23. The summed E-state index contributed by atoms with van der Waals surface area (Å²) in [5.74, 6) is 0. The molecule has 0 atom stereocenters. The third kappa shape index (κ3) is 10.2. The van der Waals surface area contributed by atoms with Crippen molar-refractivity contribution >= 4 is 15.9 Å². The van der Waals surface area contributed by atoms with Crippen molar-refractivity contribution in [3.05, 3.63) is 11.1 Å². The van der Waals surface area contributed by atoms with Crippen LogP contribution in [0.5, 0.6) is 0 Å². The number of rotatable bonds is 8. The topological polar surface area (TPSA) is 12.0 Å². The van der Waals surface area contributed by atoms with E-state index in [1.165, 1.54) is 32.1 Å². The Kier molecular flexibility index (Phi) is 9.41. The van der Waals surface area contributed by atoms with E-state index in [0.29, 0.717) is 0 Å². The van der Waals surface area contributed by atoms with Gasteiger partial charge in [-0.1, -0.05) is 55.1 Å². The first-order valence-electron chi connectivity index (χ1n) is 4.81. The molecule has 0 saturated carbocycles. The molecular formula is C10H20BrN. The smallest absolute Gasteiger partial charge is 0.0265 e. The van der Waals surface area contributed by atoms with Crippen molar-refractivity contribution in [2.75, 3.05) is 13.1 Å². The monoisotopic (exact) mass is 233 g/mol. The molecule has 0 fully saturated rings. The summed E-state index contributed by atoms with van der Waals surface area (Å²) < 4.78 is 1.04. The Hall–Kier alpha value is 0.180. The molecule has 0 heterocycles. The first-order chi connectivity index (χ1) is 5.77. The van der Waals surface area contributed by atoms with Crippen LogP contribution < -0.4 is 5.32 Å². The Morgan fingerprint density at radius 2 is 1.92 bits per heavy atom. The number of nitrogens with one attached hydrogen (secondary N) is 1. The maximum atomic E-state index is 3.76. The maximum absolute atomic E-state index is 3.76. The van der Waals surface area contributed by atoms with E-state index in [1.807, 2.05) is 0 Å². The van der Waals surface area contributed by atoms with Gasteiger partial charge in [0.25, 0.3) is 0 Å². The van der Waals surface area contributed by atoms with Gasteiger partial charge in [0.2, 0.25) is 0 Å². The van der Waals surface area contributed by atoms with Crippen molar-refractivity contribution < 1.29 is 0 Å². The quantitative estimate of drug-likeness (QED) is 0.634. The Bertz CT molecular complexity index is 112. The lowest BCUT2D eigenvalue weighted by Crippen LogP contribution is -2.16. The van der Waals surface area contributed by atoms with Gasteiger partial charge in [-0.15, -0.1) is 0 Å². The SMILES string of the molecule is C=C(Br)CNCCCCCCC. The highest BCUT2D eigenvalue weighted by Gasteiger charge is 1.89. The predicted molar refractivity (Wildman–Crippen MR) is 59.7 cm³/mol. The summed E-state index contributed by atoms with van der Waals surface area (Å²) in [5.41, 5.74) is 0. The van der Waals surface area contributed by atoms with Crippen LogP contribution in [-0.2, 0) is 0 Å². The number of hydrogen-bond acceptors (Lipinski definition) is 1. The second-order valence-electron chi connectivity index (χ2n) is 3.11. The van der Waals surface area contributed by atoms with E-state index in [1.54, 1.807) is 0 Å². The highest BCUT2D eigenvalue weighted by atomic mass is 79.9. The van der Waals surface area contributed by atoms with Gasteiger partial charge in [-0.05, 0) is 13.0 Å². The van der Waals surface area contributed by atoms with E-state index < -0.39 is 0 Å². The van der Waals surface area contributed by atoms with E-state index >= 15 is 0 Å². The molecule has 0 bridgehead atoms. The molecule has 0 aromatic rings. The third-order valence-corrected chi connectivity index (χ3v) is 2.05. The number of halogens is 1. The Labute approximate surface area is 84.8 Å². The molecule has 0 unspecified atom stereocenters. The van der Waals surface area contributed by atoms with Crippen molar-refractivity contribution in [2.45, 2.75) is 39.0 Å². The molecule has 0 aromatic carbocycles. The molecule has 0 aliphatic rings. The van der Waals surface area contributed by atoms with Crippen LogP contribution in [0.15, 0.2) is 11.1 Å². The Morgan fingerprint density at radius 3 is 2.50 bits per heavy atom. The predicted octanol–water partition coefficient (Wildman–Crippen LogP) is 3.46. The molecule has 12 heavy (non-hydrogen) atoms. The minimum Gasteiger partial charge on any atom is -0.312 e. The third-order valence-electron chi connectivity index (χ3n) is 1.77. The van der Waals surface area contributed by atoms with Crippen LogP contribution in [0.1, 0.15) is 39.0 Å². The molecule has 0 amide bonds. The molecular weight excluding hydrogens is 214 g/mol. The summed E-state index contributed by atoms with van der Waals surface area (Å²) >= 11 is 3.31. The van der Waals surface area contributed by atoms with Crippen LogP contribution in [0.3, 0.4) is 0 Å². The summed E-state index contributed by atoms with van der Waals surface area (Å²) in [6.07, 6.45) is 6.74. The van der Waals surface area contributed by atoms with Crippen molar-refractivity contribution in [3.8, 4) is 0 Å². The first kappa shape index (κ1) is 12.2. The van der Waals surface area contributed by atoms with Crippen LogP contribution in [0.2, 0.25) is 0 Å². The average molecular weight is 234 g/mol. The largest absolute Gasteiger partial charge is 0.312 e. The second kappa shape index (κ2) is 9.27. The molecule has 0 rings (SSSR count). The first-order valence-corrected chi connectivity index (χ1v) is 5.60. The normalized spacial score (nSPS) is 10.2. The van der Waals surface area contributed by atoms with Crippen LogP contribution in [0, 0.1) is 0 Å². The van der Waals surface area contributed by atoms with Gasteiger partial charge in [0.05, 0.1) is 0 Å². The van der Waals surface area contributed by atoms with Gasteiger partial charge in [-0.3, -0.25) is 0 Å². The molecule has 0 saturated heterocycles. The standard InChI is InChI=1S/C10H20BrN/c1-3-4-5-6-7-8-12-9-10(2)11/h12H,2-9H2,1H3. The zero-order chi connectivity index (χ0) is 9.23. The van der Waals surface area contributed by atoms with E-state index in [4.69, 9.17) is 0 Å². The molecule has 0 aromatic heterocycles. The van der Waals surface area contributed by atoms with Gasteiger partial charge >= 0.3 is 0 Å². The van der Waals surface area contributed by atoms with Gasteiger partial charge in [-0.2, -0.15) is 0 Å². The average Bonchev–Trinajstić information content (AvgIpc) is 2.02. The lowest BCUT2D eigenvalue weighted by molar-refractivity contribution is 0.600. The molecule has 2 heteroatoms. The molecule has 1 N–H and O–H groups in total. The fourth-order valence-corrected chi connectivity index (χ4v) is 1.28. The van der Waals surface area contributed by atoms with Crippen molar-refractivity contribution in [1.29, 1.82) is 0 Å². The van der Waals surface area contributed by atoms with Gasteiger partial charge < -0.3 is 5.32 Å². The minimum absolute atomic E-state index is 0.897. The minimum atomic E-state index is 0.897. The van der Waals surface area contributed by atoms with Crippen molar-refractivity contribution in [2.24, 2.45) is 0 Å². The zero-order valence-electron chi connectivity index (χ0n) is 8.03. The lowest BCUT2D eigenvalue weighted by atomic mass is 10.1. The molecule has 0 radical (unpaired) electrons. The van der Waals surface area contributed by atoms with Crippen LogP contribution in [0.25, 0.3) is 0 Å². The summed E-state index contributed by atoms with van der Waals surface area (Å²) in [6.45, 7) is 8.02. The molecule has 0 aliphatic heterocycles. The highest BCUT2D eigenvalue weighted by Crippen LogP contribution is 2.01. The number of hydrogen-bond donors (Lipinski definition) is 1. The summed E-state index contributed by atoms with van der Waals surface area (Å²) in [6, 6.07) is 0. The molecule has 0 aliphatic carbocycles. The molecule has 1 nitrogen and oxygen atoms in total. The Morgan fingerprint density at radius 1 is 1.25 bits per heavy atom. The van der Waals surface area contributed by atoms with E-state index in [0.717, 1.165) is 17.6 Å². The fourth-order valence-electron chi connectivity index (χ4n) is 1.08. The van der Waals surface area contributed by atoms with E-state index in [2.05, 4.69) is 34.7 Å². The highest BCUT2D eigenvalue weighted by molar-refractivity contribution is 9.11. The van der Waals surface area contributed by atoms with Gasteiger partial charge in [0.1, 0.15) is 0 Å². The molecule has 0 spiro atoms. The summed E-state index contributed by atoms with van der Waals surface area (Å²) in [7, 11) is 0.